The van der Waals surface area contributed by atoms with Crippen LogP contribution in [0.5, 0.6) is 0 Å². The van der Waals surface area contributed by atoms with Gasteiger partial charge in [-0.15, -0.1) is 0 Å². The number of aliphatic imine (C=N–C) groups is 1. The Balaban J connectivity index is 1.68. The summed E-state index contributed by atoms with van der Waals surface area (Å²) < 4.78 is 0. The molecule has 0 radical (unpaired) electrons. The molecule has 0 bridgehead atoms. The van der Waals surface area contributed by atoms with E-state index in [9.17, 15) is 4.79 Å². The lowest BCUT2D eigenvalue weighted by Crippen LogP contribution is -2.51. The van der Waals surface area contributed by atoms with Crippen LogP contribution in [-0.4, -0.2) is 49.5 Å². The SMILES string of the molecule is CCNC(=NCC1(C)CC1)N1CCCC2(CNC(=O)C2)C1. The number of likely N-dealkylation sites (tertiary alicyclic amines) is 1. The normalized spacial score (nSPS) is 31.4. The molecule has 118 valence electrons. The molecule has 3 aliphatic rings. The smallest absolute Gasteiger partial charge is 0.220 e. The van der Waals surface area contributed by atoms with Crippen molar-refractivity contribution in [2.45, 2.75) is 46.0 Å². The number of nitrogens with one attached hydrogen (secondary N) is 2. The van der Waals surface area contributed by atoms with Crippen LogP contribution in [0, 0.1) is 10.8 Å². The molecule has 1 amide bonds. The van der Waals surface area contributed by atoms with Crippen LogP contribution < -0.4 is 10.6 Å². The maximum Gasteiger partial charge on any atom is 0.220 e. The summed E-state index contributed by atoms with van der Waals surface area (Å²) in [5, 5.41) is 6.45. The minimum Gasteiger partial charge on any atom is -0.357 e. The number of guanidine groups is 1. The lowest BCUT2D eigenvalue weighted by atomic mass is 9.79. The van der Waals surface area contributed by atoms with Crippen molar-refractivity contribution in [1.29, 1.82) is 0 Å². The molecule has 2 saturated heterocycles. The van der Waals surface area contributed by atoms with Crippen molar-refractivity contribution in [2.24, 2.45) is 15.8 Å². The van der Waals surface area contributed by atoms with Gasteiger partial charge < -0.3 is 15.5 Å². The molecule has 21 heavy (non-hydrogen) atoms. The van der Waals surface area contributed by atoms with Gasteiger partial charge in [0.25, 0.3) is 0 Å². The van der Waals surface area contributed by atoms with E-state index in [-0.39, 0.29) is 11.3 Å². The molecule has 3 fully saturated rings. The highest BCUT2D eigenvalue weighted by atomic mass is 16.1. The van der Waals surface area contributed by atoms with E-state index < -0.39 is 0 Å². The van der Waals surface area contributed by atoms with Crippen LogP contribution in [0.25, 0.3) is 0 Å². The molecule has 5 nitrogen and oxygen atoms in total. The van der Waals surface area contributed by atoms with Crippen LogP contribution in [0.3, 0.4) is 0 Å². The first-order valence-corrected chi connectivity index (χ1v) is 8.34. The number of hydrogen-bond acceptors (Lipinski definition) is 2. The summed E-state index contributed by atoms with van der Waals surface area (Å²) in [7, 11) is 0. The average molecular weight is 292 g/mol. The Hall–Kier alpha value is -1.26. The van der Waals surface area contributed by atoms with E-state index in [1.165, 1.54) is 12.8 Å². The fourth-order valence-corrected chi connectivity index (χ4v) is 3.49. The second kappa shape index (κ2) is 5.50. The third-order valence-electron chi connectivity index (χ3n) is 5.21. The van der Waals surface area contributed by atoms with Gasteiger partial charge >= 0.3 is 0 Å². The van der Waals surface area contributed by atoms with E-state index in [1.54, 1.807) is 0 Å². The van der Waals surface area contributed by atoms with E-state index in [0.29, 0.717) is 11.8 Å². The second-order valence-corrected chi connectivity index (χ2v) is 7.46. The van der Waals surface area contributed by atoms with E-state index in [1.807, 2.05) is 0 Å². The maximum absolute atomic E-state index is 11.6. The third-order valence-corrected chi connectivity index (χ3v) is 5.21. The van der Waals surface area contributed by atoms with Crippen molar-refractivity contribution < 1.29 is 4.79 Å². The van der Waals surface area contributed by atoms with Crippen molar-refractivity contribution in [1.82, 2.24) is 15.5 Å². The predicted molar refractivity (Wildman–Crippen MR) is 84.2 cm³/mol. The number of carbonyl (C=O) groups is 1. The Kier molecular flexibility index (Phi) is 3.84. The van der Waals surface area contributed by atoms with Crippen LogP contribution >= 0.6 is 0 Å². The summed E-state index contributed by atoms with van der Waals surface area (Å²) >= 11 is 0. The fraction of sp³-hybridized carbons (Fsp3) is 0.875. The van der Waals surface area contributed by atoms with Gasteiger partial charge in [0, 0.05) is 44.6 Å². The highest BCUT2D eigenvalue weighted by Crippen LogP contribution is 2.45. The number of piperidine rings is 1. The van der Waals surface area contributed by atoms with Crippen molar-refractivity contribution in [3.05, 3.63) is 0 Å². The van der Waals surface area contributed by atoms with Crippen LogP contribution in [0.2, 0.25) is 0 Å². The van der Waals surface area contributed by atoms with Gasteiger partial charge in [0.1, 0.15) is 0 Å². The lowest BCUT2D eigenvalue weighted by Gasteiger charge is -2.41. The zero-order valence-corrected chi connectivity index (χ0v) is 13.4. The summed E-state index contributed by atoms with van der Waals surface area (Å²) in [5.74, 6) is 1.26. The fourth-order valence-electron chi connectivity index (χ4n) is 3.49. The second-order valence-electron chi connectivity index (χ2n) is 7.46. The van der Waals surface area contributed by atoms with Gasteiger partial charge in [0.2, 0.25) is 5.91 Å². The van der Waals surface area contributed by atoms with E-state index in [2.05, 4.69) is 29.4 Å². The lowest BCUT2D eigenvalue weighted by molar-refractivity contribution is -0.119. The summed E-state index contributed by atoms with van der Waals surface area (Å²) in [6, 6.07) is 0. The molecule has 5 heteroatoms. The average Bonchev–Trinajstić information content (AvgIpc) is 3.10. The van der Waals surface area contributed by atoms with Gasteiger partial charge in [-0.05, 0) is 38.0 Å². The molecule has 0 aromatic rings. The molecule has 0 aromatic heterocycles. The highest BCUT2D eigenvalue weighted by molar-refractivity contribution is 5.81. The van der Waals surface area contributed by atoms with Crippen LogP contribution in [-0.2, 0) is 4.79 Å². The molecule has 2 aliphatic heterocycles. The third kappa shape index (κ3) is 3.33. The molecule has 1 aliphatic carbocycles. The zero-order chi connectivity index (χ0) is 14.9. The molecule has 2 heterocycles. The zero-order valence-electron chi connectivity index (χ0n) is 13.4. The highest BCUT2D eigenvalue weighted by Gasteiger charge is 2.42. The predicted octanol–water partition coefficient (Wildman–Crippen LogP) is 1.35. The molecule has 1 saturated carbocycles. The number of amides is 1. The summed E-state index contributed by atoms with van der Waals surface area (Å²) in [4.78, 5) is 18.9. The van der Waals surface area contributed by atoms with E-state index in [4.69, 9.17) is 4.99 Å². The van der Waals surface area contributed by atoms with Gasteiger partial charge in [-0.1, -0.05) is 6.92 Å². The Morgan fingerprint density at radius 1 is 1.43 bits per heavy atom. The van der Waals surface area contributed by atoms with E-state index >= 15 is 0 Å². The first-order chi connectivity index (χ1) is 10.0. The van der Waals surface area contributed by atoms with E-state index in [0.717, 1.165) is 51.5 Å². The van der Waals surface area contributed by atoms with Crippen LogP contribution in [0.15, 0.2) is 4.99 Å². The van der Waals surface area contributed by atoms with Gasteiger partial charge in [0.15, 0.2) is 5.96 Å². The Labute approximate surface area is 127 Å². The van der Waals surface area contributed by atoms with Gasteiger partial charge in [-0.3, -0.25) is 9.79 Å². The molecule has 1 atom stereocenters. The van der Waals surface area contributed by atoms with Gasteiger partial charge in [-0.2, -0.15) is 0 Å². The summed E-state index contributed by atoms with van der Waals surface area (Å²) in [6.45, 7) is 9.10. The number of rotatable bonds is 3. The Bertz CT molecular complexity index is 444. The molecule has 0 aromatic carbocycles. The number of carbonyl (C=O) groups excluding carboxylic acids is 1. The number of hydrogen-bond donors (Lipinski definition) is 2. The monoisotopic (exact) mass is 292 g/mol. The molecule has 3 rings (SSSR count). The van der Waals surface area contributed by atoms with Crippen molar-refractivity contribution in [3.63, 3.8) is 0 Å². The van der Waals surface area contributed by atoms with Gasteiger partial charge in [0.05, 0.1) is 0 Å². The first-order valence-electron chi connectivity index (χ1n) is 8.34. The summed E-state index contributed by atoms with van der Waals surface area (Å²) in [6.07, 6.45) is 5.59. The minimum atomic E-state index is 0.134. The maximum atomic E-state index is 11.6. The molecule has 1 unspecified atom stereocenters. The van der Waals surface area contributed by atoms with Crippen molar-refractivity contribution in [3.8, 4) is 0 Å². The summed E-state index contributed by atoms with van der Waals surface area (Å²) in [5.41, 5.74) is 0.577. The largest absolute Gasteiger partial charge is 0.357 e. The molecular weight excluding hydrogens is 264 g/mol. The van der Waals surface area contributed by atoms with Crippen molar-refractivity contribution >= 4 is 11.9 Å². The van der Waals surface area contributed by atoms with Crippen molar-refractivity contribution in [2.75, 3.05) is 32.7 Å². The minimum absolute atomic E-state index is 0.134. The standard InChI is InChI=1S/C16H28N4O/c1-3-17-14(19-10-15(2)6-7-15)20-8-4-5-16(12-20)9-13(21)18-11-16/h3-12H2,1-2H3,(H,17,19)(H,18,21). The van der Waals surface area contributed by atoms with Gasteiger partial charge in [-0.25, -0.2) is 0 Å². The first kappa shape index (κ1) is 14.7. The molecule has 1 spiro atoms. The Morgan fingerprint density at radius 3 is 2.86 bits per heavy atom. The van der Waals surface area contributed by atoms with Crippen LogP contribution in [0.1, 0.15) is 46.0 Å². The Morgan fingerprint density at radius 2 is 2.24 bits per heavy atom. The molecule has 2 N–H and O–H groups in total. The molecular formula is C16H28N4O. The number of nitrogens with zero attached hydrogens (tertiary/aromatic N) is 2. The quantitative estimate of drug-likeness (QED) is 0.610. The van der Waals surface area contributed by atoms with Crippen LogP contribution in [0.4, 0.5) is 0 Å². The topological polar surface area (TPSA) is 56.7 Å².